The van der Waals surface area contributed by atoms with Gasteiger partial charge in [-0.2, -0.15) is 5.48 Å². The van der Waals surface area contributed by atoms with Crippen molar-refractivity contribution in [1.82, 2.24) is 5.48 Å². The summed E-state index contributed by atoms with van der Waals surface area (Å²) in [5.74, 6) is 0.616. The molecule has 2 nitrogen and oxygen atoms in total. The predicted octanol–water partition coefficient (Wildman–Crippen LogP) is 2.09. The highest BCUT2D eigenvalue weighted by atomic mass is 16.6. The summed E-state index contributed by atoms with van der Waals surface area (Å²) >= 11 is 0. The van der Waals surface area contributed by atoms with Gasteiger partial charge in [-0.1, -0.05) is 27.7 Å². The van der Waals surface area contributed by atoms with Gasteiger partial charge in [-0.15, -0.1) is 0 Å². The van der Waals surface area contributed by atoms with Crippen molar-refractivity contribution in [2.75, 3.05) is 6.54 Å². The quantitative estimate of drug-likeness (QED) is 0.607. The van der Waals surface area contributed by atoms with E-state index in [1.165, 1.54) is 5.57 Å². The van der Waals surface area contributed by atoms with Crippen LogP contribution in [0.3, 0.4) is 0 Å². The van der Waals surface area contributed by atoms with Crippen LogP contribution < -0.4 is 5.48 Å². The molecule has 0 aromatic rings. The Morgan fingerprint density at radius 2 is 2.10 bits per heavy atom. The van der Waals surface area contributed by atoms with Gasteiger partial charge in [-0.3, -0.25) is 0 Å². The SMILES string of the molecule is CC.CC(C)C1=CONC1. The van der Waals surface area contributed by atoms with Crippen molar-refractivity contribution < 1.29 is 4.84 Å². The maximum Gasteiger partial charge on any atom is 0.112 e. The Bertz CT molecular complexity index is 108. The molecule has 0 fully saturated rings. The monoisotopic (exact) mass is 143 g/mol. The molecular weight excluding hydrogens is 126 g/mol. The molecule has 1 aliphatic heterocycles. The van der Waals surface area contributed by atoms with Gasteiger partial charge in [0.25, 0.3) is 0 Å². The van der Waals surface area contributed by atoms with Crippen molar-refractivity contribution in [1.29, 1.82) is 0 Å². The van der Waals surface area contributed by atoms with Gasteiger partial charge >= 0.3 is 0 Å². The zero-order chi connectivity index (χ0) is 7.98. The Hall–Kier alpha value is -0.500. The van der Waals surface area contributed by atoms with E-state index in [1.807, 2.05) is 13.8 Å². The predicted molar refractivity (Wildman–Crippen MR) is 43.4 cm³/mol. The number of rotatable bonds is 1. The summed E-state index contributed by atoms with van der Waals surface area (Å²) in [5, 5.41) is 0. The summed E-state index contributed by atoms with van der Waals surface area (Å²) in [4.78, 5) is 4.81. The molecule has 0 saturated carbocycles. The summed E-state index contributed by atoms with van der Waals surface area (Å²) in [5.41, 5.74) is 4.10. The molecule has 0 atom stereocenters. The summed E-state index contributed by atoms with van der Waals surface area (Å²) in [6.45, 7) is 9.20. The normalized spacial score (nSPS) is 15.5. The minimum Gasteiger partial charge on any atom is -0.416 e. The first-order valence-corrected chi connectivity index (χ1v) is 3.88. The van der Waals surface area contributed by atoms with E-state index in [1.54, 1.807) is 6.26 Å². The van der Waals surface area contributed by atoms with Gasteiger partial charge in [0.2, 0.25) is 0 Å². The highest BCUT2D eigenvalue weighted by Gasteiger charge is 2.07. The number of nitrogens with one attached hydrogen (secondary N) is 1. The van der Waals surface area contributed by atoms with Gasteiger partial charge in [-0.05, 0) is 11.5 Å². The summed E-state index contributed by atoms with van der Waals surface area (Å²) < 4.78 is 0. The molecule has 0 bridgehead atoms. The first-order chi connectivity index (χ1) is 4.80. The van der Waals surface area contributed by atoms with E-state index in [9.17, 15) is 0 Å². The molecule has 0 radical (unpaired) electrons. The van der Waals surface area contributed by atoms with Crippen LogP contribution >= 0.6 is 0 Å². The molecule has 0 amide bonds. The van der Waals surface area contributed by atoms with Crippen LogP contribution in [0, 0.1) is 5.92 Å². The van der Waals surface area contributed by atoms with Crippen molar-refractivity contribution in [2.24, 2.45) is 5.92 Å². The highest BCUT2D eigenvalue weighted by molar-refractivity contribution is 5.05. The van der Waals surface area contributed by atoms with Gasteiger partial charge in [0.05, 0.1) is 6.54 Å². The Morgan fingerprint density at radius 1 is 1.50 bits per heavy atom. The number of hydrogen-bond donors (Lipinski definition) is 1. The second kappa shape index (κ2) is 5.30. The smallest absolute Gasteiger partial charge is 0.112 e. The van der Waals surface area contributed by atoms with Crippen LogP contribution in [-0.4, -0.2) is 6.54 Å². The highest BCUT2D eigenvalue weighted by Crippen LogP contribution is 2.10. The van der Waals surface area contributed by atoms with E-state index in [4.69, 9.17) is 4.84 Å². The molecule has 0 aromatic carbocycles. The first-order valence-electron chi connectivity index (χ1n) is 3.88. The van der Waals surface area contributed by atoms with Crippen LogP contribution in [0.5, 0.6) is 0 Å². The largest absolute Gasteiger partial charge is 0.416 e. The molecule has 1 aliphatic rings. The lowest BCUT2D eigenvalue weighted by molar-refractivity contribution is 0.168. The Morgan fingerprint density at radius 3 is 2.30 bits per heavy atom. The third kappa shape index (κ3) is 2.87. The molecular formula is C8H17NO. The molecule has 10 heavy (non-hydrogen) atoms. The van der Waals surface area contributed by atoms with E-state index in [-0.39, 0.29) is 0 Å². The number of hydroxylamine groups is 1. The van der Waals surface area contributed by atoms with Crippen molar-refractivity contribution in [3.63, 3.8) is 0 Å². The lowest BCUT2D eigenvalue weighted by atomic mass is 10.1. The molecule has 1 rings (SSSR count). The van der Waals surface area contributed by atoms with Crippen molar-refractivity contribution in [2.45, 2.75) is 27.7 Å². The van der Waals surface area contributed by atoms with Crippen molar-refractivity contribution in [3.05, 3.63) is 11.8 Å². The molecule has 0 saturated heterocycles. The fourth-order valence-corrected chi connectivity index (χ4v) is 0.624. The average molecular weight is 143 g/mol. The van der Waals surface area contributed by atoms with Crippen molar-refractivity contribution in [3.8, 4) is 0 Å². The lowest BCUT2D eigenvalue weighted by Gasteiger charge is -1.99. The van der Waals surface area contributed by atoms with E-state index < -0.39 is 0 Å². The van der Waals surface area contributed by atoms with Gasteiger partial charge in [0.15, 0.2) is 0 Å². The van der Waals surface area contributed by atoms with Gasteiger partial charge in [-0.25, -0.2) is 0 Å². The third-order valence-corrected chi connectivity index (χ3v) is 1.31. The molecule has 1 heterocycles. The van der Waals surface area contributed by atoms with Crippen molar-refractivity contribution >= 4 is 0 Å². The summed E-state index contributed by atoms with van der Waals surface area (Å²) in [7, 11) is 0. The topological polar surface area (TPSA) is 21.3 Å². The van der Waals surface area contributed by atoms with E-state index in [0.717, 1.165) is 6.54 Å². The molecule has 0 aromatic heterocycles. The molecule has 0 unspecified atom stereocenters. The average Bonchev–Trinajstić information content (AvgIpc) is 2.42. The Balaban J connectivity index is 0.000000371. The number of hydrogen-bond acceptors (Lipinski definition) is 2. The Labute approximate surface area is 63.2 Å². The first kappa shape index (κ1) is 9.50. The van der Waals surface area contributed by atoms with Gasteiger partial charge in [0, 0.05) is 0 Å². The molecule has 2 heteroatoms. The van der Waals surface area contributed by atoms with Crippen LogP contribution in [0.2, 0.25) is 0 Å². The maximum absolute atomic E-state index is 4.81. The van der Waals surface area contributed by atoms with E-state index in [2.05, 4.69) is 19.3 Å². The zero-order valence-corrected chi connectivity index (χ0v) is 7.27. The van der Waals surface area contributed by atoms with Gasteiger partial charge in [0.1, 0.15) is 6.26 Å². The van der Waals surface area contributed by atoms with E-state index in [0.29, 0.717) is 5.92 Å². The maximum atomic E-state index is 4.81. The summed E-state index contributed by atoms with van der Waals surface area (Å²) in [6.07, 6.45) is 1.78. The molecule has 1 N–H and O–H groups in total. The minimum absolute atomic E-state index is 0.616. The Kier molecular flexibility index (Phi) is 5.03. The zero-order valence-electron chi connectivity index (χ0n) is 7.27. The fourth-order valence-electron chi connectivity index (χ4n) is 0.624. The standard InChI is InChI=1S/C6H11NO.C2H6/c1-5(2)6-3-7-8-4-6;1-2/h4-5,7H,3H2,1-2H3;1-2H3. The lowest BCUT2D eigenvalue weighted by Crippen LogP contribution is -2.08. The minimum atomic E-state index is 0.616. The summed E-state index contributed by atoms with van der Waals surface area (Å²) in [6, 6.07) is 0. The van der Waals surface area contributed by atoms with Gasteiger partial charge < -0.3 is 4.84 Å². The van der Waals surface area contributed by atoms with Crippen LogP contribution in [0.1, 0.15) is 27.7 Å². The molecule has 0 spiro atoms. The van der Waals surface area contributed by atoms with E-state index >= 15 is 0 Å². The van der Waals surface area contributed by atoms with Crippen LogP contribution in [0.4, 0.5) is 0 Å². The molecule has 0 aliphatic carbocycles. The van der Waals surface area contributed by atoms with Crippen LogP contribution in [0.15, 0.2) is 11.8 Å². The molecule has 60 valence electrons. The fraction of sp³-hybridized carbons (Fsp3) is 0.750. The van der Waals surface area contributed by atoms with Crippen LogP contribution in [-0.2, 0) is 4.84 Å². The second-order valence-electron chi connectivity index (χ2n) is 2.29. The van der Waals surface area contributed by atoms with Crippen LogP contribution in [0.25, 0.3) is 0 Å². The third-order valence-electron chi connectivity index (χ3n) is 1.31. The second-order valence-corrected chi connectivity index (χ2v) is 2.29.